The lowest BCUT2D eigenvalue weighted by molar-refractivity contribution is 0.0951. The molecular weight excluding hydrogens is 348 g/mol. The van der Waals surface area contributed by atoms with E-state index in [-0.39, 0.29) is 5.91 Å². The molecule has 1 aromatic heterocycles. The van der Waals surface area contributed by atoms with Gasteiger partial charge >= 0.3 is 0 Å². The van der Waals surface area contributed by atoms with E-state index in [0.29, 0.717) is 12.1 Å². The zero-order chi connectivity index (χ0) is 19.3. The van der Waals surface area contributed by atoms with Crippen molar-refractivity contribution in [2.24, 2.45) is 0 Å². The molecule has 1 heterocycles. The van der Waals surface area contributed by atoms with Gasteiger partial charge in [0.2, 0.25) is 0 Å². The molecular formula is C24H20N2O2. The zero-order valence-electron chi connectivity index (χ0n) is 15.6. The molecule has 0 fully saturated rings. The predicted molar refractivity (Wildman–Crippen MR) is 111 cm³/mol. The molecule has 138 valence electrons. The molecule has 0 saturated carbocycles. The molecule has 4 heteroatoms. The van der Waals surface area contributed by atoms with E-state index in [4.69, 9.17) is 4.74 Å². The Balaban J connectivity index is 1.38. The molecule has 0 aliphatic rings. The minimum Gasteiger partial charge on any atom is -0.457 e. The number of carbonyl (C=O) groups is 1. The second-order valence-corrected chi connectivity index (χ2v) is 6.66. The Labute approximate surface area is 163 Å². The third-order valence-electron chi connectivity index (χ3n) is 4.47. The number of ether oxygens (including phenoxy) is 1. The van der Waals surface area contributed by atoms with Crippen molar-refractivity contribution in [2.75, 3.05) is 0 Å². The minimum absolute atomic E-state index is 0.106. The first kappa shape index (κ1) is 17.7. The summed E-state index contributed by atoms with van der Waals surface area (Å²) in [5.41, 5.74) is 3.66. The molecule has 0 unspecified atom stereocenters. The lowest BCUT2D eigenvalue weighted by Gasteiger charge is -2.09. The largest absolute Gasteiger partial charge is 0.457 e. The SMILES string of the molecule is Cc1cccc(Oc2ccc(CNC(=O)c3ccc4ncccc4c3)cc2)c1. The molecule has 28 heavy (non-hydrogen) atoms. The summed E-state index contributed by atoms with van der Waals surface area (Å²) >= 11 is 0. The molecule has 4 rings (SSSR count). The van der Waals surface area contributed by atoms with Crippen molar-refractivity contribution in [1.82, 2.24) is 10.3 Å². The van der Waals surface area contributed by atoms with E-state index < -0.39 is 0 Å². The van der Waals surface area contributed by atoms with Crippen molar-refractivity contribution < 1.29 is 9.53 Å². The van der Waals surface area contributed by atoms with Crippen molar-refractivity contribution in [3.8, 4) is 11.5 Å². The summed E-state index contributed by atoms with van der Waals surface area (Å²) in [6.45, 7) is 2.49. The molecule has 3 aromatic carbocycles. The van der Waals surface area contributed by atoms with Gasteiger partial charge in [0.1, 0.15) is 11.5 Å². The zero-order valence-corrected chi connectivity index (χ0v) is 15.6. The fourth-order valence-corrected chi connectivity index (χ4v) is 2.99. The molecule has 0 aliphatic carbocycles. The summed E-state index contributed by atoms with van der Waals surface area (Å²) in [5.74, 6) is 1.47. The Hall–Kier alpha value is -3.66. The van der Waals surface area contributed by atoms with Crippen LogP contribution < -0.4 is 10.1 Å². The molecule has 0 aliphatic heterocycles. The third-order valence-corrected chi connectivity index (χ3v) is 4.47. The fraction of sp³-hybridized carbons (Fsp3) is 0.0833. The van der Waals surface area contributed by atoms with Gasteiger partial charge in [-0.3, -0.25) is 9.78 Å². The molecule has 0 saturated heterocycles. The Kier molecular flexibility index (Phi) is 5.02. The maximum Gasteiger partial charge on any atom is 0.251 e. The Morgan fingerprint density at radius 1 is 0.929 bits per heavy atom. The number of hydrogen-bond acceptors (Lipinski definition) is 3. The van der Waals surface area contributed by atoms with E-state index in [1.807, 2.05) is 79.7 Å². The van der Waals surface area contributed by atoms with Crippen molar-refractivity contribution in [3.05, 3.63) is 102 Å². The van der Waals surface area contributed by atoms with Gasteiger partial charge in [0.15, 0.2) is 0 Å². The van der Waals surface area contributed by atoms with Crippen LogP contribution in [0.1, 0.15) is 21.5 Å². The standard InChI is InChI=1S/C24H20N2O2/c1-17-4-2-6-22(14-17)28-21-10-7-18(8-11-21)16-26-24(27)20-9-12-23-19(15-20)5-3-13-25-23/h2-15H,16H2,1H3,(H,26,27). The number of rotatable bonds is 5. The first-order valence-electron chi connectivity index (χ1n) is 9.14. The Morgan fingerprint density at radius 3 is 2.61 bits per heavy atom. The van der Waals surface area contributed by atoms with E-state index in [2.05, 4.69) is 10.3 Å². The molecule has 4 nitrogen and oxygen atoms in total. The van der Waals surface area contributed by atoms with Crippen LogP contribution >= 0.6 is 0 Å². The third kappa shape index (κ3) is 4.18. The van der Waals surface area contributed by atoms with Crippen molar-refractivity contribution >= 4 is 16.8 Å². The summed E-state index contributed by atoms with van der Waals surface area (Å²) in [6.07, 6.45) is 1.74. The van der Waals surface area contributed by atoms with E-state index in [0.717, 1.165) is 33.5 Å². The van der Waals surface area contributed by atoms with Gasteiger partial charge in [0, 0.05) is 23.7 Å². The molecule has 0 atom stereocenters. The number of carbonyl (C=O) groups excluding carboxylic acids is 1. The van der Waals surface area contributed by atoms with Crippen LogP contribution in [0.15, 0.2) is 85.1 Å². The van der Waals surface area contributed by atoms with Crippen LogP contribution in [0.5, 0.6) is 11.5 Å². The normalized spacial score (nSPS) is 10.6. The lowest BCUT2D eigenvalue weighted by Crippen LogP contribution is -2.22. The number of nitrogens with one attached hydrogen (secondary N) is 1. The van der Waals surface area contributed by atoms with E-state index >= 15 is 0 Å². The Morgan fingerprint density at radius 2 is 1.79 bits per heavy atom. The molecule has 0 bridgehead atoms. The molecule has 0 spiro atoms. The van der Waals surface area contributed by atoms with Crippen molar-refractivity contribution in [1.29, 1.82) is 0 Å². The van der Waals surface area contributed by atoms with Crippen LogP contribution in [0, 0.1) is 6.92 Å². The van der Waals surface area contributed by atoms with Gasteiger partial charge < -0.3 is 10.1 Å². The van der Waals surface area contributed by atoms with Crippen LogP contribution in [-0.2, 0) is 6.54 Å². The van der Waals surface area contributed by atoms with Crippen LogP contribution in [0.3, 0.4) is 0 Å². The topological polar surface area (TPSA) is 51.2 Å². The molecule has 1 amide bonds. The highest BCUT2D eigenvalue weighted by molar-refractivity contribution is 5.97. The smallest absolute Gasteiger partial charge is 0.251 e. The minimum atomic E-state index is -0.106. The monoisotopic (exact) mass is 368 g/mol. The summed E-state index contributed by atoms with van der Waals surface area (Å²) in [5, 5.41) is 3.91. The first-order valence-corrected chi connectivity index (χ1v) is 9.14. The van der Waals surface area contributed by atoms with E-state index in [1.165, 1.54) is 0 Å². The van der Waals surface area contributed by atoms with Gasteiger partial charge in [-0.1, -0.05) is 30.3 Å². The number of hydrogen-bond donors (Lipinski definition) is 1. The first-order chi connectivity index (χ1) is 13.7. The van der Waals surface area contributed by atoms with Crippen LogP contribution in [-0.4, -0.2) is 10.9 Å². The molecule has 4 aromatic rings. The maximum absolute atomic E-state index is 12.4. The van der Waals surface area contributed by atoms with Crippen LogP contribution in [0.4, 0.5) is 0 Å². The number of fused-ring (bicyclic) bond motifs is 1. The second kappa shape index (κ2) is 7.92. The van der Waals surface area contributed by atoms with Crippen LogP contribution in [0.25, 0.3) is 10.9 Å². The van der Waals surface area contributed by atoms with Gasteiger partial charge in [-0.05, 0) is 66.6 Å². The average Bonchev–Trinajstić information content (AvgIpc) is 2.73. The summed E-state index contributed by atoms with van der Waals surface area (Å²) in [4.78, 5) is 16.7. The summed E-state index contributed by atoms with van der Waals surface area (Å²) in [7, 11) is 0. The molecule has 0 radical (unpaired) electrons. The number of aromatic nitrogens is 1. The van der Waals surface area contributed by atoms with Gasteiger partial charge in [0.25, 0.3) is 5.91 Å². The van der Waals surface area contributed by atoms with Gasteiger partial charge in [0.05, 0.1) is 5.52 Å². The second-order valence-electron chi connectivity index (χ2n) is 6.66. The average molecular weight is 368 g/mol. The number of benzene rings is 3. The maximum atomic E-state index is 12.4. The van der Waals surface area contributed by atoms with E-state index in [9.17, 15) is 4.79 Å². The van der Waals surface area contributed by atoms with Gasteiger partial charge in [-0.25, -0.2) is 0 Å². The number of aryl methyl sites for hydroxylation is 1. The van der Waals surface area contributed by atoms with E-state index in [1.54, 1.807) is 12.3 Å². The Bertz CT molecular complexity index is 1120. The highest BCUT2D eigenvalue weighted by atomic mass is 16.5. The van der Waals surface area contributed by atoms with Crippen LogP contribution in [0.2, 0.25) is 0 Å². The summed E-state index contributed by atoms with van der Waals surface area (Å²) < 4.78 is 5.86. The predicted octanol–water partition coefficient (Wildman–Crippen LogP) is 5.27. The number of pyridine rings is 1. The van der Waals surface area contributed by atoms with Crippen molar-refractivity contribution in [3.63, 3.8) is 0 Å². The number of nitrogens with zero attached hydrogens (tertiary/aromatic N) is 1. The quantitative estimate of drug-likeness (QED) is 0.522. The van der Waals surface area contributed by atoms with Gasteiger partial charge in [-0.15, -0.1) is 0 Å². The highest BCUT2D eigenvalue weighted by Crippen LogP contribution is 2.22. The fourth-order valence-electron chi connectivity index (χ4n) is 2.99. The molecule has 1 N–H and O–H groups in total. The van der Waals surface area contributed by atoms with Crippen molar-refractivity contribution in [2.45, 2.75) is 13.5 Å². The highest BCUT2D eigenvalue weighted by Gasteiger charge is 2.07. The lowest BCUT2D eigenvalue weighted by atomic mass is 10.1. The van der Waals surface area contributed by atoms with Gasteiger partial charge in [-0.2, -0.15) is 0 Å². The summed E-state index contributed by atoms with van der Waals surface area (Å²) in [6, 6.07) is 25.0. The number of amides is 1.